The Hall–Kier alpha value is -3.39. The van der Waals surface area contributed by atoms with Crippen molar-refractivity contribution in [2.24, 2.45) is 0 Å². The van der Waals surface area contributed by atoms with Crippen LogP contribution in [0.5, 0.6) is 11.5 Å². The van der Waals surface area contributed by atoms with Crippen molar-refractivity contribution in [1.29, 1.82) is 0 Å². The van der Waals surface area contributed by atoms with Crippen LogP contribution in [0.25, 0.3) is 11.1 Å². The topological polar surface area (TPSA) is 97.2 Å². The van der Waals surface area contributed by atoms with E-state index in [0.717, 1.165) is 45.7 Å². The van der Waals surface area contributed by atoms with Gasteiger partial charge in [-0.25, -0.2) is 4.79 Å². The summed E-state index contributed by atoms with van der Waals surface area (Å²) < 4.78 is 17.1. The zero-order valence-corrected chi connectivity index (χ0v) is 24.0. The molecule has 210 valence electrons. The Balaban J connectivity index is 1.60. The highest BCUT2D eigenvalue weighted by molar-refractivity contribution is 5.90. The van der Waals surface area contributed by atoms with Gasteiger partial charge in [0.05, 0.1) is 38.6 Å². The molecule has 0 heterocycles. The number of aromatic carboxylic acids is 1. The smallest absolute Gasteiger partial charge is 0.335 e. The minimum Gasteiger partial charge on any atom is -0.496 e. The Morgan fingerprint density at radius 1 is 1.00 bits per heavy atom. The van der Waals surface area contributed by atoms with Crippen molar-refractivity contribution in [3.8, 4) is 22.6 Å². The van der Waals surface area contributed by atoms with Crippen molar-refractivity contribution < 1.29 is 29.2 Å². The number of benzene rings is 3. The van der Waals surface area contributed by atoms with E-state index >= 15 is 0 Å². The second-order valence-electron chi connectivity index (χ2n) is 10.6. The van der Waals surface area contributed by atoms with E-state index in [0.29, 0.717) is 17.7 Å². The van der Waals surface area contributed by atoms with E-state index in [4.69, 9.17) is 14.2 Å². The third kappa shape index (κ3) is 7.82. The molecule has 0 saturated carbocycles. The van der Waals surface area contributed by atoms with Crippen molar-refractivity contribution in [3.63, 3.8) is 0 Å². The summed E-state index contributed by atoms with van der Waals surface area (Å²) in [6.07, 6.45) is -0.244. The van der Waals surface area contributed by atoms with Crippen LogP contribution in [0.1, 0.15) is 59.5 Å². The first-order valence-electron chi connectivity index (χ1n) is 13.1. The molecule has 0 aliphatic carbocycles. The summed E-state index contributed by atoms with van der Waals surface area (Å²) in [5.74, 6) is 0.639. The monoisotopic (exact) mass is 535 g/mol. The van der Waals surface area contributed by atoms with Gasteiger partial charge in [-0.2, -0.15) is 0 Å². The lowest BCUT2D eigenvalue weighted by Gasteiger charge is -2.29. The van der Waals surface area contributed by atoms with E-state index in [2.05, 4.69) is 19.2 Å². The second-order valence-corrected chi connectivity index (χ2v) is 10.6. The van der Waals surface area contributed by atoms with Crippen molar-refractivity contribution in [1.82, 2.24) is 5.32 Å². The molecule has 0 radical (unpaired) electrons. The Kier molecular flexibility index (Phi) is 10.1. The maximum absolute atomic E-state index is 11.4. The molecule has 0 amide bonds. The van der Waals surface area contributed by atoms with Gasteiger partial charge in [-0.15, -0.1) is 0 Å². The highest BCUT2D eigenvalue weighted by atomic mass is 16.5. The molecule has 39 heavy (non-hydrogen) atoms. The van der Waals surface area contributed by atoms with Crippen molar-refractivity contribution in [2.45, 2.75) is 58.8 Å². The van der Waals surface area contributed by atoms with E-state index in [9.17, 15) is 15.0 Å². The minimum atomic E-state index is -0.937. The lowest BCUT2D eigenvalue weighted by molar-refractivity contribution is -0.00397. The van der Waals surface area contributed by atoms with Gasteiger partial charge in [-0.3, -0.25) is 0 Å². The van der Waals surface area contributed by atoms with E-state index in [1.54, 1.807) is 27.2 Å². The number of β-amino-alcohol motifs (C(OH)–C–C–N with tert-alkyl or cyclic N) is 1. The van der Waals surface area contributed by atoms with E-state index in [1.807, 2.05) is 62.4 Å². The highest BCUT2D eigenvalue weighted by Gasteiger charge is 2.22. The number of aliphatic hydroxyl groups is 1. The molecule has 0 spiro atoms. The van der Waals surface area contributed by atoms with Gasteiger partial charge in [-0.05, 0) is 87.1 Å². The Morgan fingerprint density at radius 3 is 2.23 bits per heavy atom. The van der Waals surface area contributed by atoms with Crippen LogP contribution in [0.2, 0.25) is 0 Å². The summed E-state index contributed by atoms with van der Waals surface area (Å²) in [6, 6.07) is 17.3. The number of nitrogens with one attached hydrogen (secondary N) is 1. The maximum atomic E-state index is 11.4. The number of hydrogen-bond acceptors (Lipinski definition) is 6. The molecule has 1 unspecified atom stereocenters. The molecule has 0 aliphatic rings. The molecule has 3 N–H and O–H groups in total. The van der Waals surface area contributed by atoms with Crippen LogP contribution in [-0.2, 0) is 11.2 Å². The van der Waals surface area contributed by atoms with Crippen LogP contribution in [0, 0.1) is 13.8 Å². The standard InChI is InChI=1S/C32H41NO6/c1-20-14-24(12-13-26(20)31(35)36)28-11-9-8-10-27(28)22(3)39-19-25(34)18-33-32(4,5)17-23-15-29(37-6)21(2)30(16-23)38-7/h8-16,22,25,33-34H,17-19H2,1-7H3,(H,35,36)/t22?,25-/m0/s1. The molecule has 3 rings (SSSR count). The molecule has 2 atom stereocenters. The Morgan fingerprint density at radius 2 is 1.64 bits per heavy atom. The van der Waals surface area contributed by atoms with E-state index in [1.165, 1.54) is 0 Å². The predicted octanol–water partition coefficient (Wildman–Crippen LogP) is 5.74. The maximum Gasteiger partial charge on any atom is 0.335 e. The summed E-state index contributed by atoms with van der Waals surface area (Å²) in [6.45, 7) is 10.5. The molecule has 0 saturated heterocycles. The zero-order chi connectivity index (χ0) is 28.7. The van der Waals surface area contributed by atoms with Crippen LogP contribution in [0.3, 0.4) is 0 Å². The van der Waals surface area contributed by atoms with Crippen molar-refractivity contribution in [3.05, 3.63) is 82.4 Å². The van der Waals surface area contributed by atoms with Gasteiger partial charge in [0.2, 0.25) is 0 Å². The molecular weight excluding hydrogens is 494 g/mol. The summed E-state index contributed by atoms with van der Waals surface area (Å²) >= 11 is 0. The normalized spacial score (nSPS) is 13.1. The van der Waals surface area contributed by atoms with Gasteiger partial charge in [-0.1, -0.05) is 36.4 Å². The summed E-state index contributed by atoms with van der Waals surface area (Å²) in [5, 5.41) is 23.5. The van der Waals surface area contributed by atoms with Crippen LogP contribution in [0.4, 0.5) is 0 Å². The quantitative estimate of drug-likeness (QED) is 0.257. The van der Waals surface area contributed by atoms with E-state index < -0.39 is 12.1 Å². The van der Waals surface area contributed by atoms with Gasteiger partial charge in [0.15, 0.2) is 0 Å². The Labute approximate surface area is 231 Å². The zero-order valence-electron chi connectivity index (χ0n) is 24.0. The molecule has 3 aromatic rings. The van der Waals surface area contributed by atoms with Gasteiger partial charge in [0.25, 0.3) is 0 Å². The van der Waals surface area contributed by atoms with Gasteiger partial charge < -0.3 is 29.7 Å². The molecule has 0 aromatic heterocycles. The molecule has 7 nitrogen and oxygen atoms in total. The number of rotatable bonds is 13. The highest BCUT2D eigenvalue weighted by Crippen LogP contribution is 2.32. The van der Waals surface area contributed by atoms with Crippen LogP contribution in [-0.4, -0.2) is 55.2 Å². The summed E-state index contributed by atoms with van der Waals surface area (Å²) in [4.78, 5) is 11.4. The first-order valence-corrected chi connectivity index (χ1v) is 13.1. The van der Waals surface area contributed by atoms with Crippen molar-refractivity contribution >= 4 is 5.97 Å². The summed E-state index contributed by atoms with van der Waals surface area (Å²) in [7, 11) is 3.31. The van der Waals surface area contributed by atoms with Gasteiger partial charge >= 0.3 is 5.97 Å². The third-order valence-electron chi connectivity index (χ3n) is 6.98. The second kappa shape index (κ2) is 13.1. The molecule has 7 heteroatoms. The lowest BCUT2D eigenvalue weighted by atomic mass is 9.93. The minimum absolute atomic E-state index is 0.168. The fourth-order valence-corrected chi connectivity index (χ4v) is 4.80. The number of carboxylic acids is 1. The predicted molar refractivity (Wildman–Crippen MR) is 154 cm³/mol. The fourth-order valence-electron chi connectivity index (χ4n) is 4.80. The lowest BCUT2D eigenvalue weighted by Crippen LogP contribution is -2.46. The van der Waals surface area contributed by atoms with Crippen LogP contribution in [0.15, 0.2) is 54.6 Å². The van der Waals surface area contributed by atoms with Gasteiger partial charge in [0, 0.05) is 17.6 Å². The third-order valence-corrected chi connectivity index (χ3v) is 6.98. The SMILES string of the molecule is COc1cc(CC(C)(C)NC[C@H](O)COC(C)c2ccccc2-c2ccc(C(=O)O)c(C)c2)cc(OC)c1C. The average molecular weight is 536 g/mol. The molecule has 0 aliphatic heterocycles. The number of hydrogen-bond donors (Lipinski definition) is 3. The van der Waals surface area contributed by atoms with Crippen LogP contribution < -0.4 is 14.8 Å². The van der Waals surface area contributed by atoms with Crippen LogP contribution >= 0.6 is 0 Å². The molecule has 3 aromatic carbocycles. The first kappa shape index (κ1) is 30.2. The number of methoxy groups -OCH3 is 2. The molecular formula is C32H41NO6. The Bertz CT molecular complexity index is 1260. The largest absolute Gasteiger partial charge is 0.496 e. The summed E-state index contributed by atoms with van der Waals surface area (Å²) in [5.41, 5.74) is 5.63. The number of ether oxygens (including phenoxy) is 3. The molecule has 0 bridgehead atoms. The average Bonchev–Trinajstić information content (AvgIpc) is 2.91. The first-order chi connectivity index (χ1) is 18.5. The fraction of sp³-hybridized carbons (Fsp3) is 0.406. The number of carbonyl (C=O) groups is 1. The van der Waals surface area contributed by atoms with Crippen molar-refractivity contribution in [2.75, 3.05) is 27.4 Å². The number of carboxylic acid groups (broad SMARTS) is 1. The van der Waals surface area contributed by atoms with Gasteiger partial charge in [0.1, 0.15) is 11.5 Å². The van der Waals surface area contributed by atoms with E-state index in [-0.39, 0.29) is 18.2 Å². The number of aliphatic hydroxyl groups excluding tert-OH is 1. The number of aryl methyl sites for hydroxylation is 1. The molecule has 0 fully saturated rings.